The van der Waals surface area contributed by atoms with E-state index in [0.717, 1.165) is 19.5 Å². The van der Waals surface area contributed by atoms with E-state index in [1.54, 1.807) is 28.0 Å². The Labute approximate surface area is 197 Å². The maximum atomic E-state index is 13.2. The van der Waals surface area contributed by atoms with Gasteiger partial charge >= 0.3 is 0 Å². The van der Waals surface area contributed by atoms with E-state index in [1.165, 1.54) is 0 Å². The van der Waals surface area contributed by atoms with E-state index in [2.05, 4.69) is 4.90 Å². The van der Waals surface area contributed by atoms with Crippen LogP contribution in [0.5, 0.6) is 0 Å². The first-order chi connectivity index (χ1) is 15.4. The average molecular weight is 483 g/mol. The summed E-state index contributed by atoms with van der Waals surface area (Å²) in [6, 6.07) is 4.27. The second-order valence-electron chi connectivity index (χ2n) is 8.38. The summed E-state index contributed by atoms with van der Waals surface area (Å²) in [5.41, 5.74) is 0.317. The van der Waals surface area contributed by atoms with Crippen molar-refractivity contribution in [3.8, 4) is 0 Å². The SMILES string of the molecule is O=C(CN1CCOCC1)N1CCN(C(=O)C2CCCN2C(=O)c2cc(Cl)ccc2Cl)CC1. The maximum absolute atomic E-state index is 13.2. The van der Waals surface area contributed by atoms with Gasteiger partial charge in [0, 0.05) is 50.8 Å². The van der Waals surface area contributed by atoms with Crippen molar-refractivity contribution in [1.29, 1.82) is 0 Å². The number of hydrogen-bond donors (Lipinski definition) is 0. The molecule has 0 aromatic heterocycles. The molecule has 0 radical (unpaired) electrons. The molecule has 0 bridgehead atoms. The molecule has 10 heteroatoms. The van der Waals surface area contributed by atoms with Gasteiger partial charge in [0.15, 0.2) is 0 Å². The molecule has 174 valence electrons. The Morgan fingerprint density at radius 2 is 1.62 bits per heavy atom. The topological polar surface area (TPSA) is 73.4 Å². The highest BCUT2D eigenvalue weighted by Gasteiger charge is 2.38. The van der Waals surface area contributed by atoms with E-state index in [-0.39, 0.29) is 17.7 Å². The zero-order valence-corrected chi connectivity index (χ0v) is 19.5. The largest absolute Gasteiger partial charge is 0.379 e. The minimum Gasteiger partial charge on any atom is -0.379 e. The number of amides is 3. The molecule has 3 aliphatic rings. The molecule has 3 amide bonds. The van der Waals surface area contributed by atoms with Crippen LogP contribution < -0.4 is 0 Å². The number of piperazine rings is 1. The maximum Gasteiger partial charge on any atom is 0.256 e. The van der Waals surface area contributed by atoms with Crippen molar-refractivity contribution in [1.82, 2.24) is 19.6 Å². The second-order valence-corrected chi connectivity index (χ2v) is 9.22. The minimum absolute atomic E-state index is 0.0609. The Hall–Kier alpha value is -1.87. The first-order valence-electron chi connectivity index (χ1n) is 11.1. The number of benzene rings is 1. The lowest BCUT2D eigenvalue weighted by molar-refractivity contribution is -0.142. The normalized spacial score (nSPS) is 22.3. The first-order valence-corrected chi connectivity index (χ1v) is 11.8. The van der Waals surface area contributed by atoms with Crippen LogP contribution in [0, 0.1) is 0 Å². The monoisotopic (exact) mass is 482 g/mol. The number of ether oxygens (including phenoxy) is 1. The molecule has 3 heterocycles. The third-order valence-corrected chi connectivity index (χ3v) is 6.93. The molecule has 0 saturated carbocycles. The van der Waals surface area contributed by atoms with Gasteiger partial charge in [0.05, 0.1) is 30.3 Å². The van der Waals surface area contributed by atoms with Crippen molar-refractivity contribution >= 4 is 40.9 Å². The predicted molar refractivity (Wildman–Crippen MR) is 121 cm³/mol. The number of nitrogens with zero attached hydrogens (tertiary/aromatic N) is 4. The van der Waals surface area contributed by atoms with Gasteiger partial charge in [-0.2, -0.15) is 0 Å². The van der Waals surface area contributed by atoms with Gasteiger partial charge in [0.2, 0.25) is 11.8 Å². The summed E-state index contributed by atoms with van der Waals surface area (Å²) >= 11 is 12.3. The van der Waals surface area contributed by atoms with Crippen LogP contribution in [0.1, 0.15) is 23.2 Å². The van der Waals surface area contributed by atoms with Gasteiger partial charge in [-0.3, -0.25) is 19.3 Å². The molecule has 3 fully saturated rings. The molecule has 4 rings (SSSR count). The molecule has 0 spiro atoms. The molecule has 1 atom stereocenters. The molecule has 32 heavy (non-hydrogen) atoms. The fourth-order valence-corrected chi connectivity index (χ4v) is 4.89. The minimum atomic E-state index is -0.506. The van der Waals surface area contributed by atoms with Crippen LogP contribution in [-0.2, 0) is 14.3 Å². The highest BCUT2D eigenvalue weighted by molar-refractivity contribution is 6.35. The van der Waals surface area contributed by atoms with E-state index in [1.807, 2.05) is 4.90 Å². The Kier molecular flexibility index (Phi) is 7.55. The summed E-state index contributed by atoms with van der Waals surface area (Å²) in [7, 11) is 0. The number of rotatable bonds is 4. The molecule has 8 nitrogen and oxygen atoms in total. The van der Waals surface area contributed by atoms with Crippen LogP contribution >= 0.6 is 23.2 Å². The molecular formula is C22H28Cl2N4O4. The van der Waals surface area contributed by atoms with Crippen LogP contribution in [0.15, 0.2) is 18.2 Å². The Morgan fingerprint density at radius 1 is 0.938 bits per heavy atom. The Bertz CT molecular complexity index is 869. The zero-order valence-electron chi connectivity index (χ0n) is 18.0. The van der Waals surface area contributed by atoms with Crippen LogP contribution in [0.25, 0.3) is 0 Å². The molecule has 0 aliphatic carbocycles. The van der Waals surface area contributed by atoms with Crippen LogP contribution in [0.3, 0.4) is 0 Å². The Morgan fingerprint density at radius 3 is 2.34 bits per heavy atom. The van der Waals surface area contributed by atoms with Gasteiger partial charge in [0.1, 0.15) is 6.04 Å². The first kappa shape index (κ1) is 23.3. The number of hydrogen-bond acceptors (Lipinski definition) is 5. The molecule has 1 unspecified atom stereocenters. The van der Waals surface area contributed by atoms with Crippen LogP contribution in [0.2, 0.25) is 10.0 Å². The summed E-state index contributed by atoms with van der Waals surface area (Å²) in [6.07, 6.45) is 1.39. The van der Waals surface area contributed by atoms with Crippen molar-refractivity contribution < 1.29 is 19.1 Å². The summed E-state index contributed by atoms with van der Waals surface area (Å²) in [5.74, 6) is -0.241. The lowest BCUT2D eigenvalue weighted by atomic mass is 10.1. The molecule has 3 saturated heterocycles. The third kappa shape index (κ3) is 5.20. The van der Waals surface area contributed by atoms with Gasteiger partial charge in [-0.25, -0.2) is 0 Å². The van der Waals surface area contributed by atoms with Gasteiger partial charge in [-0.15, -0.1) is 0 Å². The number of morpholine rings is 1. The fraction of sp³-hybridized carbons (Fsp3) is 0.591. The molecule has 0 N–H and O–H groups in total. The van der Waals surface area contributed by atoms with Crippen LogP contribution in [0.4, 0.5) is 0 Å². The summed E-state index contributed by atoms with van der Waals surface area (Å²) < 4.78 is 5.33. The van der Waals surface area contributed by atoms with E-state index in [0.29, 0.717) is 74.5 Å². The lowest BCUT2D eigenvalue weighted by Crippen LogP contribution is -2.56. The molecule has 1 aromatic rings. The van der Waals surface area contributed by atoms with Crippen molar-refractivity contribution in [2.24, 2.45) is 0 Å². The van der Waals surface area contributed by atoms with Crippen molar-refractivity contribution in [3.05, 3.63) is 33.8 Å². The zero-order chi connectivity index (χ0) is 22.7. The summed E-state index contributed by atoms with van der Waals surface area (Å²) in [4.78, 5) is 46.3. The Balaban J connectivity index is 1.33. The van der Waals surface area contributed by atoms with Gasteiger partial charge in [0.25, 0.3) is 5.91 Å². The summed E-state index contributed by atoms with van der Waals surface area (Å²) in [6.45, 7) is 5.73. The van der Waals surface area contributed by atoms with Gasteiger partial charge < -0.3 is 19.4 Å². The van der Waals surface area contributed by atoms with E-state index >= 15 is 0 Å². The van der Waals surface area contributed by atoms with Crippen molar-refractivity contribution in [2.75, 3.05) is 65.6 Å². The number of likely N-dealkylation sites (tertiary alicyclic amines) is 1. The van der Waals surface area contributed by atoms with Crippen molar-refractivity contribution in [2.45, 2.75) is 18.9 Å². The highest BCUT2D eigenvalue weighted by Crippen LogP contribution is 2.27. The second kappa shape index (κ2) is 10.4. The lowest BCUT2D eigenvalue weighted by Gasteiger charge is -2.38. The smallest absolute Gasteiger partial charge is 0.256 e. The number of carbonyl (C=O) groups is 3. The molecular weight excluding hydrogens is 455 g/mol. The van der Waals surface area contributed by atoms with E-state index in [9.17, 15) is 14.4 Å². The third-order valence-electron chi connectivity index (χ3n) is 6.36. The quantitative estimate of drug-likeness (QED) is 0.651. The van der Waals surface area contributed by atoms with E-state index in [4.69, 9.17) is 27.9 Å². The fourth-order valence-electron chi connectivity index (χ4n) is 4.52. The number of carbonyl (C=O) groups excluding carboxylic acids is 3. The van der Waals surface area contributed by atoms with Gasteiger partial charge in [-0.05, 0) is 31.0 Å². The number of halogens is 2. The van der Waals surface area contributed by atoms with Gasteiger partial charge in [-0.1, -0.05) is 23.2 Å². The van der Waals surface area contributed by atoms with E-state index < -0.39 is 6.04 Å². The molecule has 3 aliphatic heterocycles. The predicted octanol–water partition coefficient (Wildman–Crippen LogP) is 1.60. The highest BCUT2D eigenvalue weighted by atomic mass is 35.5. The summed E-state index contributed by atoms with van der Waals surface area (Å²) in [5, 5.41) is 0.752. The standard InChI is InChI=1S/C22H28Cl2N4O4/c23-16-3-4-18(24)17(14-16)21(30)28-5-1-2-19(28)22(31)27-8-6-26(7-9-27)20(29)15-25-10-12-32-13-11-25/h3-4,14,19H,1-2,5-13,15H2. The molecule has 1 aromatic carbocycles. The van der Waals surface area contributed by atoms with Crippen molar-refractivity contribution in [3.63, 3.8) is 0 Å². The van der Waals surface area contributed by atoms with Crippen LogP contribution in [-0.4, -0.2) is 109 Å². The average Bonchev–Trinajstić information content (AvgIpc) is 3.30.